The summed E-state index contributed by atoms with van der Waals surface area (Å²) in [7, 11) is 0. The Morgan fingerprint density at radius 2 is 2.19 bits per heavy atom. The van der Waals surface area contributed by atoms with Crippen LogP contribution in [0.4, 0.5) is 0 Å². The molecule has 1 saturated carbocycles. The average Bonchev–Trinajstić information content (AvgIpc) is 2.97. The first-order valence-electron chi connectivity index (χ1n) is 6.93. The predicted octanol–water partition coefficient (Wildman–Crippen LogP) is 1.22. The molecule has 0 bridgehead atoms. The molecule has 16 heavy (non-hydrogen) atoms. The number of rotatable bonds is 7. The summed E-state index contributed by atoms with van der Waals surface area (Å²) < 4.78 is 0. The molecule has 2 unspecified atom stereocenters. The smallest absolute Gasteiger partial charge is 0.0558 e. The van der Waals surface area contributed by atoms with Crippen molar-refractivity contribution < 1.29 is 5.11 Å². The Morgan fingerprint density at radius 3 is 2.69 bits per heavy atom. The summed E-state index contributed by atoms with van der Waals surface area (Å²) in [6, 6.07) is 1.38. The second kappa shape index (κ2) is 5.99. The molecule has 1 aliphatic carbocycles. The van der Waals surface area contributed by atoms with Crippen LogP contribution in [0, 0.1) is 5.92 Å². The third-order valence-corrected chi connectivity index (χ3v) is 4.06. The van der Waals surface area contributed by atoms with E-state index in [1.807, 2.05) is 0 Å². The van der Waals surface area contributed by atoms with Crippen molar-refractivity contribution in [2.75, 3.05) is 26.2 Å². The summed E-state index contributed by atoms with van der Waals surface area (Å²) >= 11 is 0. The van der Waals surface area contributed by atoms with Crippen LogP contribution in [-0.4, -0.2) is 48.3 Å². The lowest BCUT2D eigenvalue weighted by Gasteiger charge is -2.32. The van der Waals surface area contributed by atoms with Crippen LogP contribution < -0.4 is 5.32 Å². The van der Waals surface area contributed by atoms with Crippen LogP contribution in [0.1, 0.15) is 39.0 Å². The van der Waals surface area contributed by atoms with Gasteiger partial charge in [0, 0.05) is 25.2 Å². The van der Waals surface area contributed by atoms with Crippen molar-refractivity contribution in [1.29, 1.82) is 0 Å². The van der Waals surface area contributed by atoms with Gasteiger partial charge in [0.25, 0.3) is 0 Å². The van der Waals surface area contributed by atoms with Crippen LogP contribution in [-0.2, 0) is 0 Å². The van der Waals surface area contributed by atoms with Crippen LogP contribution in [0.25, 0.3) is 0 Å². The lowest BCUT2D eigenvalue weighted by molar-refractivity contribution is 0.123. The van der Waals surface area contributed by atoms with Gasteiger partial charge in [-0.2, -0.15) is 0 Å². The third-order valence-electron chi connectivity index (χ3n) is 4.06. The standard InChI is InChI=1S/C13H26N2O/c1-2-13(11-5-6-11)15(8-9-16)10-12-4-3-7-14-12/h11-14,16H,2-10H2,1H3. The van der Waals surface area contributed by atoms with Gasteiger partial charge in [-0.1, -0.05) is 6.92 Å². The van der Waals surface area contributed by atoms with E-state index in [9.17, 15) is 5.11 Å². The third kappa shape index (κ3) is 3.19. The second-order valence-electron chi connectivity index (χ2n) is 5.32. The molecule has 2 aliphatic rings. The van der Waals surface area contributed by atoms with Crippen molar-refractivity contribution in [3.63, 3.8) is 0 Å². The van der Waals surface area contributed by atoms with Crippen LogP contribution >= 0.6 is 0 Å². The first kappa shape index (κ1) is 12.3. The summed E-state index contributed by atoms with van der Waals surface area (Å²) in [6.45, 7) is 5.76. The van der Waals surface area contributed by atoms with Crippen LogP contribution in [0.3, 0.4) is 0 Å². The SMILES string of the molecule is CCC(C1CC1)N(CCO)CC1CCCN1. The van der Waals surface area contributed by atoms with E-state index in [1.165, 1.54) is 38.6 Å². The highest BCUT2D eigenvalue weighted by Crippen LogP contribution is 2.36. The summed E-state index contributed by atoms with van der Waals surface area (Å²) in [5.41, 5.74) is 0. The quantitative estimate of drug-likeness (QED) is 0.685. The highest BCUT2D eigenvalue weighted by molar-refractivity contribution is 4.89. The van der Waals surface area contributed by atoms with E-state index in [1.54, 1.807) is 0 Å². The van der Waals surface area contributed by atoms with Gasteiger partial charge in [-0.3, -0.25) is 4.90 Å². The summed E-state index contributed by atoms with van der Waals surface area (Å²) in [4.78, 5) is 2.53. The molecule has 1 heterocycles. The van der Waals surface area contributed by atoms with E-state index in [0.29, 0.717) is 12.6 Å². The van der Waals surface area contributed by atoms with E-state index in [-0.39, 0.29) is 0 Å². The summed E-state index contributed by atoms with van der Waals surface area (Å²) in [5.74, 6) is 0.915. The Balaban J connectivity index is 1.86. The van der Waals surface area contributed by atoms with Gasteiger partial charge in [-0.05, 0) is 44.6 Å². The molecule has 0 amide bonds. The van der Waals surface area contributed by atoms with E-state index >= 15 is 0 Å². The van der Waals surface area contributed by atoms with Gasteiger partial charge in [0.15, 0.2) is 0 Å². The zero-order chi connectivity index (χ0) is 11.4. The largest absolute Gasteiger partial charge is 0.395 e. The highest BCUT2D eigenvalue weighted by Gasteiger charge is 2.34. The molecule has 2 fully saturated rings. The molecule has 2 rings (SSSR count). The molecule has 3 heteroatoms. The van der Waals surface area contributed by atoms with Crippen molar-refractivity contribution >= 4 is 0 Å². The Kier molecular flexibility index (Phi) is 4.62. The maximum Gasteiger partial charge on any atom is 0.0558 e. The fourth-order valence-electron chi connectivity index (χ4n) is 3.09. The van der Waals surface area contributed by atoms with Gasteiger partial charge in [-0.25, -0.2) is 0 Å². The fraction of sp³-hybridized carbons (Fsp3) is 1.00. The molecule has 94 valence electrons. The number of hydrogen-bond acceptors (Lipinski definition) is 3. The molecular weight excluding hydrogens is 200 g/mol. The molecule has 0 aromatic rings. The zero-order valence-electron chi connectivity index (χ0n) is 10.5. The molecule has 1 aliphatic heterocycles. The molecule has 0 radical (unpaired) electrons. The van der Waals surface area contributed by atoms with Crippen molar-refractivity contribution in [2.45, 2.75) is 51.1 Å². The molecule has 2 N–H and O–H groups in total. The van der Waals surface area contributed by atoms with Crippen molar-refractivity contribution in [2.24, 2.45) is 5.92 Å². The number of hydrogen-bond donors (Lipinski definition) is 2. The molecule has 0 aromatic carbocycles. The second-order valence-corrected chi connectivity index (χ2v) is 5.32. The number of aliphatic hydroxyl groups excluding tert-OH is 1. The Morgan fingerprint density at radius 1 is 1.38 bits per heavy atom. The molecule has 0 spiro atoms. The Hall–Kier alpha value is -0.120. The molecular formula is C13H26N2O. The fourth-order valence-corrected chi connectivity index (χ4v) is 3.09. The lowest BCUT2D eigenvalue weighted by Crippen LogP contribution is -2.45. The van der Waals surface area contributed by atoms with Gasteiger partial charge in [-0.15, -0.1) is 0 Å². The van der Waals surface area contributed by atoms with E-state index in [4.69, 9.17) is 0 Å². The minimum absolute atomic E-state index is 0.302. The van der Waals surface area contributed by atoms with Crippen LogP contribution in [0.15, 0.2) is 0 Å². The minimum Gasteiger partial charge on any atom is -0.395 e. The topological polar surface area (TPSA) is 35.5 Å². The maximum atomic E-state index is 9.20. The van der Waals surface area contributed by atoms with Crippen LogP contribution in [0.2, 0.25) is 0 Å². The minimum atomic E-state index is 0.302. The van der Waals surface area contributed by atoms with Gasteiger partial charge in [0.05, 0.1) is 6.61 Å². The number of nitrogens with zero attached hydrogens (tertiary/aromatic N) is 1. The average molecular weight is 226 g/mol. The van der Waals surface area contributed by atoms with E-state index in [2.05, 4.69) is 17.1 Å². The first-order chi connectivity index (χ1) is 7.85. The van der Waals surface area contributed by atoms with Gasteiger partial charge < -0.3 is 10.4 Å². The summed E-state index contributed by atoms with van der Waals surface area (Å²) in [5, 5.41) is 12.8. The molecule has 3 nitrogen and oxygen atoms in total. The van der Waals surface area contributed by atoms with Gasteiger partial charge >= 0.3 is 0 Å². The lowest BCUT2D eigenvalue weighted by atomic mass is 10.1. The summed E-state index contributed by atoms with van der Waals surface area (Å²) in [6.07, 6.45) is 6.66. The van der Waals surface area contributed by atoms with Gasteiger partial charge in [0.2, 0.25) is 0 Å². The predicted molar refractivity (Wildman–Crippen MR) is 66.5 cm³/mol. The number of aliphatic hydroxyl groups is 1. The zero-order valence-corrected chi connectivity index (χ0v) is 10.5. The maximum absolute atomic E-state index is 9.20. The normalized spacial score (nSPS) is 27.6. The van der Waals surface area contributed by atoms with Gasteiger partial charge in [0.1, 0.15) is 0 Å². The number of nitrogens with one attached hydrogen (secondary N) is 1. The van der Waals surface area contributed by atoms with Crippen LogP contribution in [0.5, 0.6) is 0 Å². The van der Waals surface area contributed by atoms with Crippen molar-refractivity contribution in [3.05, 3.63) is 0 Å². The monoisotopic (exact) mass is 226 g/mol. The van der Waals surface area contributed by atoms with Crippen molar-refractivity contribution in [1.82, 2.24) is 10.2 Å². The van der Waals surface area contributed by atoms with E-state index in [0.717, 1.165) is 25.0 Å². The molecule has 0 aromatic heterocycles. The first-order valence-corrected chi connectivity index (χ1v) is 6.93. The highest BCUT2D eigenvalue weighted by atomic mass is 16.3. The Bertz CT molecular complexity index is 200. The van der Waals surface area contributed by atoms with E-state index < -0.39 is 0 Å². The molecule has 2 atom stereocenters. The molecule has 1 saturated heterocycles. The Labute approximate surface area is 99.2 Å². The van der Waals surface area contributed by atoms with Crippen molar-refractivity contribution in [3.8, 4) is 0 Å².